The molecule has 5 rings (SSSR count). The largest absolute Gasteiger partial charge is 0.361 e. The van der Waals surface area contributed by atoms with Gasteiger partial charge >= 0.3 is 0 Å². The summed E-state index contributed by atoms with van der Waals surface area (Å²) in [6, 6.07) is 3.91. The summed E-state index contributed by atoms with van der Waals surface area (Å²) in [5.41, 5.74) is 1.81. The minimum Gasteiger partial charge on any atom is -0.361 e. The highest BCUT2D eigenvalue weighted by atomic mass is 32.1. The Morgan fingerprint density at radius 1 is 1.27 bits per heavy atom. The van der Waals surface area contributed by atoms with Crippen molar-refractivity contribution in [3.8, 4) is 0 Å². The van der Waals surface area contributed by atoms with Crippen molar-refractivity contribution in [3.63, 3.8) is 0 Å². The zero-order chi connectivity index (χ0) is 18.4. The SMILES string of the molecule is Cc1ccc(C(=O)N2C[C@H]3CC[C@@H](C2)N(Cc2c(C)noc2C)C3=O)s1. The molecule has 2 aromatic heterocycles. The number of nitrogens with zero attached hydrogens (tertiary/aromatic N) is 3. The molecule has 0 saturated carbocycles. The number of aromatic nitrogens is 1. The molecular weight excluding hydrogens is 350 g/mol. The number of carbonyl (C=O) groups is 2. The van der Waals surface area contributed by atoms with Gasteiger partial charge in [0, 0.05) is 29.6 Å². The molecular formula is C19H23N3O3S. The van der Waals surface area contributed by atoms with Crippen LogP contribution in [0, 0.1) is 26.7 Å². The predicted octanol–water partition coefficient (Wildman–Crippen LogP) is 2.92. The summed E-state index contributed by atoms with van der Waals surface area (Å²) in [4.78, 5) is 31.6. The molecule has 3 fully saturated rings. The topological polar surface area (TPSA) is 66.7 Å². The molecule has 7 heteroatoms. The molecule has 138 valence electrons. The van der Waals surface area contributed by atoms with Crippen LogP contribution in [0.25, 0.3) is 0 Å². The molecule has 0 aromatic carbocycles. The Bertz CT molecular complexity index is 837. The molecule has 3 saturated heterocycles. The Kier molecular flexibility index (Phi) is 4.34. The Morgan fingerprint density at radius 2 is 2.08 bits per heavy atom. The number of hydrogen-bond donors (Lipinski definition) is 0. The molecule has 2 aromatic rings. The summed E-state index contributed by atoms with van der Waals surface area (Å²) in [6.07, 6.45) is 1.79. The smallest absolute Gasteiger partial charge is 0.264 e. The monoisotopic (exact) mass is 373 g/mol. The maximum atomic E-state index is 13.0. The number of rotatable bonds is 3. The van der Waals surface area contributed by atoms with Crippen molar-refractivity contribution in [2.75, 3.05) is 13.1 Å². The molecule has 3 aliphatic heterocycles. The van der Waals surface area contributed by atoms with E-state index in [9.17, 15) is 9.59 Å². The van der Waals surface area contributed by atoms with Gasteiger partial charge in [0.05, 0.1) is 23.0 Å². The Balaban J connectivity index is 1.57. The lowest BCUT2D eigenvalue weighted by Crippen LogP contribution is -2.47. The average molecular weight is 373 g/mol. The fourth-order valence-electron chi connectivity index (χ4n) is 4.02. The zero-order valence-corrected chi connectivity index (χ0v) is 16.1. The minimum absolute atomic E-state index is 0.0481. The highest BCUT2D eigenvalue weighted by molar-refractivity contribution is 7.13. The lowest BCUT2D eigenvalue weighted by atomic mass is 9.93. The maximum Gasteiger partial charge on any atom is 0.264 e. The predicted molar refractivity (Wildman–Crippen MR) is 98.0 cm³/mol. The molecule has 2 amide bonds. The summed E-state index contributed by atoms with van der Waals surface area (Å²) in [7, 11) is 0. The first-order valence-electron chi connectivity index (χ1n) is 9.02. The zero-order valence-electron chi connectivity index (χ0n) is 15.3. The minimum atomic E-state index is -0.112. The van der Waals surface area contributed by atoms with E-state index in [1.807, 2.05) is 42.7 Å². The number of thiophene rings is 1. The van der Waals surface area contributed by atoms with Crippen LogP contribution in [0.15, 0.2) is 16.7 Å². The van der Waals surface area contributed by atoms with Crippen LogP contribution in [0.2, 0.25) is 0 Å². The van der Waals surface area contributed by atoms with Gasteiger partial charge in [0.2, 0.25) is 5.91 Å². The van der Waals surface area contributed by atoms with E-state index >= 15 is 0 Å². The number of fused-ring (bicyclic) bond motifs is 4. The van der Waals surface area contributed by atoms with Crippen LogP contribution in [-0.4, -0.2) is 45.9 Å². The molecule has 0 N–H and O–H groups in total. The number of carbonyl (C=O) groups excluding carboxylic acids is 2. The summed E-state index contributed by atoms with van der Waals surface area (Å²) < 4.78 is 5.25. The Morgan fingerprint density at radius 3 is 2.73 bits per heavy atom. The van der Waals surface area contributed by atoms with Gasteiger partial charge in [0.25, 0.3) is 5.91 Å². The van der Waals surface area contributed by atoms with E-state index < -0.39 is 0 Å². The van der Waals surface area contributed by atoms with Crippen molar-refractivity contribution in [3.05, 3.63) is 38.9 Å². The molecule has 26 heavy (non-hydrogen) atoms. The van der Waals surface area contributed by atoms with Crippen molar-refractivity contribution in [1.82, 2.24) is 15.0 Å². The summed E-state index contributed by atoms with van der Waals surface area (Å²) >= 11 is 1.52. The van der Waals surface area contributed by atoms with Crippen LogP contribution in [0.1, 0.15) is 44.4 Å². The van der Waals surface area contributed by atoms with Crippen molar-refractivity contribution < 1.29 is 14.1 Å². The van der Waals surface area contributed by atoms with Gasteiger partial charge < -0.3 is 14.3 Å². The van der Waals surface area contributed by atoms with Crippen LogP contribution in [0.4, 0.5) is 0 Å². The molecule has 5 heterocycles. The van der Waals surface area contributed by atoms with Gasteiger partial charge in [-0.05, 0) is 45.7 Å². The first-order valence-corrected chi connectivity index (χ1v) is 9.83. The normalized spacial score (nSPS) is 22.8. The second-order valence-electron chi connectivity index (χ2n) is 7.32. The van der Waals surface area contributed by atoms with Crippen LogP contribution in [0.3, 0.4) is 0 Å². The fraction of sp³-hybridized carbons (Fsp3) is 0.526. The molecule has 0 radical (unpaired) electrons. The third kappa shape index (κ3) is 2.94. The summed E-state index contributed by atoms with van der Waals surface area (Å²) in [5.74, 6) is 0.850. The van der Waals surface area contributed by atoms with E-state index in [4.69, 9.17) is 4.52 Å². The lowest BCUT2D eigenvalue weighted by molar-refractivity contribution is -0.140. The summed E-state index contributed by atoms with van der Waals surface area (Å²) in [6.45, 7) is 7.42. The average Bonchev–Trinajstić information content (AvgIpc) is 3.06. The second kappa shape index (κ2) is 6.54. The quantitative estimate of drug-likeness (QED) is 0.830. The third-order valence-corrected chi connectivity index (χ3v) is 6.53. The van der Waals surface area contributed by atoms with Crippen molar-refractivity contribution >= 4 is 23.2 Å². The van der Waals surface area contributed by atoms with E-state index in [0.29, 0.717) is 19.6 Å². The van der Waals surface area contributed by atoms with Gasteiger partial charge in [0.15, 0.2) is 0 Å². The Labute approximate surface area is 156 Å². The van der Waals surface area contributed by atoms with Gasteiger partial charge in [-0.25, -0.2) is 0 Å². The second-order valence-corrected chi connectivity index (χ2v) is 8.61. The number of aryl methyl sites for hydroxylation is 3. The van der Waals surface area contributed by atoms with Gasteiger partial charge in [-0.3, -0.25) is 9.59 Å². The number of hydrogen-bond acceptors (Lipinski definition) is 5. The number of piperidine rings is 1. The maximum absolute atomic E-state index is 13.0. The molecule has 0 aliphatic carbocycles. The van der Waals surface area contributed by atoms with Crippen LogP contribution < -0.4 is 0 Å². The van der Waals surface area contributed by atoms with Crippen LogP contribution >= 0.6 is 11.3 Å². The molecule has 2 atom stereocenters. The van der Waals surface area contributed by atoms with Gasteiger partial charge in [-0.1, -0.05) is 5.16 Å². The molecule has 0 unspecified atom stereocenters. The van der Waals surface area contributed by atoms with Gasteiger partial charge in [-0.2, -0.15) is 0 Å². The number of amides is 2. The third-order valence-electron chi connectivity index (χ3n) is 5.54. The highest BCUT2D eigenvalue weighted by Gasteiger charge is 2.42. The molecule has 2 bridgehead atoms. The van der Waals surface area contributed by atoms with Crippen LogP contribution in [-0.2, 0) is 11.3 Å². The van der Waals surface area contributed by atoms with Crippen molar-refractivity contribution in [1.29, 1.82) is 0 Å². The standard InChI is InChI=1S/C19H23N3O3S/c1-11-4-7-17(26-11)19(24)21-8-14-5-6-15(9-21)22(18(14)23)10-16-12(2)20-25-13(16)3/h4,7,14-15H,5-6,8-10H2,1-3H3/t14-,15+/m1/s1. The van der Waals surface area contributed by atoms with Gasteiger partial charge in [-0.15, -0.1) is 11.3 Å². The lowest BCUT2D eigenvalue weighted by Gasteiger charge is -2.35. The summed E-state index contributed by atoms with van der Waals surface area (Å²) in [5, 5.41) is 4.00. The van der Waals surface area contributed by atoms with Crippen molar-refractivity contribution in [2.24, 2.45) is 5.92 Å². The molecule has 6 nitrogen and oxygen atoms in total. The fourth-order valence-corrected chi connectivity index (χ4v) is 4.85. The van der Waals surface area contributed by atoms with E-state index in [2.05, 4.69) is 5.16 Å². The van der Waals surface area contributed by atoms with Crippen molar-refractivity contribution in [2.45, 2.75) is 46.2 Å². The van der Waals surface area contributed by atoms with E-state index in [1.54, 1.807) is 0 Å². The molecule has 3 aliphatic rings. The van der Waals surface area contributed by atoms with E-state index in [0.717, 1.165) is 39.6 Å². The first-order chi connectivity index (χ1) is 12.4. The van der Waals surface area contributed by atoms with Crippen LogP contribution in [0.5, 0.6) is 0 Å². The Hall–Kier alpha value is -2.15. The van der Waals surface area contributed by atoms with E-state index in [-0.39, 0.29) is 23.8 Å². The van der Waals surface area contributed by atoms with Gasteiger partial charge in [0.1, 0.15) is 5.76 Å². The first kappa shape index (κ1) is 17.3. The highest BCUT2D eigenvalue weighted by Crippen LogP contribution is 2.32. The van der Waals surface area contributed by atoms with E-state index in [1.165, 1.54) is 11.3 Å². The molecule has 0 spiro atoms.